The lowest BCUT2D eigenvalue weighted by Crippen LogP contribution is -2.49. The number of rotatable bonds is 0. The first-order valence-corrected chi connectivity index (χ1v) is 2.70. The number of hydrogen-bond donors (Lipinski definition) is 3. The molecule has 0 aromatic heterocycles. The zero-order valence-electron chi connectivity index (χ0n) is 5.14. The van der Waals surface area contributed by atoms with E-state index in [-0.39, 0.29) is 12.2 Å². The van der Waals surface area contributed by atoms with Crippen LogP contribution >= 0.6 is 0 Å². The molecular formula is C5H9N3O. The Morgan fingerprint density at radius 3 is 2.89 bits per heavy atom. The van der Waals surface area contributed by atoms with E-state index in [4.69, 9.17) is 5.73 Å². The molecule has 1 aliphatic heterocycles. The van der Waals surface area contributed by atoms with E-state index in [1.807, 2.05) is 0 Å². The number of nitrogens with two attached hydrogens (primary N) is 1. The zero-order chi connectivity index (χ0) is 6.85. The molecular weight excluding hydrogens is 118 g/mol. The summed E-state index contributed by atoms with van der Waals surface area (Å²) in [6.07, 6.45) is 1.40. The molecule has 1 rings (SSSR count). The van der Waals surface area contributed by atoms with Crippen LogP contribution in [0, 0.1) is 0 Å². The maximum absolute atomic E-state index is 10.5. The molecule has 4 N–H and O–H groups in total. The van der Waals surface area contributed by atoms with E-state index >= 15 is 0 Å². The molecule has 0 aliphatic carbocycles. The van der Waals surface area contributed by atoms with Crippen LogP contribution in [-0.2, 0) is 0 Å². The molecule has 0 saturated carbocycles. The van der Waals surface area contributed by atoms with Gasteiger partial charge in [-0.25, -0.2) is 4.79 Å². The highest BCUT2D eigenvalue weighted by molar-refractivity contribution is 5.77. The normalized spacial score (nSPS) is 26.2. The van der Waals surface area contributed by atoms with Crippen molar-refractivity contribution in [3.8, 4) is 0 Å². The number of hydrogen-bond acceptors (Lipinski definition) is 2. The second-order valence-corrected chi connectivity index (χ2v) is 1.97. The van der Waals surface area contributed by atoms with Crippen molar-refractivity contribution in [3.05, 3.63) is 11.8 Å². The van der Waals surface area contributed by atoms with Gasteiger partial charge in [-0.3, -0.25) is 0 Å². The number of nitrogens with one attached hydrogen (secondary N) is 2. The van der Waals surface area contributed by atoms with Gasteiger partial charge in [-0.15, -0.1) is 0 Å². The SMILES string of the molecule is CC1=CC(N)NC(=O)N1. The fourth-order valence-corrected chi connectivity index (χ4v) is 0.719. The minimum absolute atomic E-state index is 0.234. The smallest absolute Gasteiger partial charge is 0.319 e. The van der Waals surface area contributed by atoms with Gasteiger partial charge in [-0.1, -0.05) is 0 Å². The van der Waals surface area contributed by atoms with Gasteiger partial charge in [0.1, 0.15) is 0 Å². The average molecular weight is 127 g/mol. The van der Waals surface area contributed by atoms with Gasteiger partial charge in [-0.05, 0) is 13.0 Å². The predicted octanol–water partition coefficient (Wildman–Crippen LogP) is -0.512. The molecule has 0 saturated heterocycles. The molecule has 0 aromatic carbocycles. The highest BCUT2D eigenvalue weighted by Crippen LogP contribution is 1.92. The monoisotopic (exact) mass is 127 g/mol. The Morgan fingerprint density at radius 1 is 1.78 bits per heavy atom. The minimum Gasteiger partial charge on any atom is -0.319 e. The lowest BCUT2D eigenvalue weighted by Gasteiger charge is -2.17. The Morgan fingerprint density at radius 2 is 2.44 bits per heavy atom. The van der Waals surface area contributed by atoms with E-state index in [9.17, 15) is 4.79 Å². The number of allylic oxidation sites excluding steroid dienone is 1. The summed E-state index contributed by atoms with van der Waals surface area (Å²) in [7, 11) is 0. The topological polar surface area (TPSA) is 67.1 Å². The molecule has 1 heterocycles. The van der Waals surface area contributed by atoms with Gasteiger partial charge in [0.05, 0.1) is 6.17 Å². The third-order valence-corrected chi connectivity index (χ3v) is 1.04. The number of carbonyl (C=O) groups is 1. The molecule has 0 radical (unpaired) electrons. The van der Waals surface area contributed by atoms with Gasteiger partial charge >= 0.3 is 6.03 Å². The molecule has 0 fully saturated rings. The molecule has 1 atom stereocenters. The zero-order valence-corrected chi connectivity index (χ0v) is 5.14. The number of urea groups is 1. The maximum atomic E-state index is 10.5. The van der Waals surface area contributed by atoms with Gasteiger partial charge in [0.2, 0.25) is 0 Å². The van der Waals surface area contributed by atoms with Crippen LogP contribution in [0.5, 0.6) is 0 Å². The summed E-state index contributed by atoms with van der Waals surface area (Å²) in [5.41, 5.74) is 6.16. The first-order valence-electron chi connectivity index (χ1n) is 2.70. The quantitative estimate of drug-likeness (QED) is 0.410. The number of amides is 2. The molecule has 4 nitrogen and oxygen atoms in total. The predicted molar refractivity (Wildman–Crippen MR) is 33.4 cm³/mol. The van der Waals surface area contributed by atoms with E-state index in [2.05, 4.69) is 10.6 Å². The van der Waals surface area contributed by atoms with E-state index in [0.29, 0.717) is 0 Å². The lowest BCUT2D eigenvalue weighted by atomic mass is 10.3. The summed E-state index contributed by atoms with van der Waals surface area (Å²) in [5, 5.41) is 5.00. The van der Waals surface area contributed by atoms with Crippen molar-refractivity contribution >= 4 is 6.03 Å². The summed E-state index contributed by atoms with van der Waals surface area (Å²) in [5.74, 6) is 0. The van der Waals surface area contributed by atoms with Gasteiger partial charge in [0, 0.05) is 5.70 Å². The van der Waals surface area contributed by atoms with E-state index in [1.165, 1.54) is 0 Å². The summed E-state index contributed by atoms with van der Waals surface area (Å²) >= 11 is 0. The van der Waals surface area contributed by atoms with Crippen molar-refractivity contribution in [3.63, 3.8) is 0 Å². The molecule has 0 aromatic rings. The van der Waals surface area contributed by atoms with Crippen molar-refractivity contribution in [1.82, 2.24) is 10.6 Å². The molecule has 0 bridgehead atoms. The molecule has 4 heteroatoms. The van der Waals surface area contributed by atoms with Gasteiger partial charge in [0.25, 0.3) is 0 Å². The fourth-order valence-electron chi connectivity index (χ4n) is 0.719. The Bertz CT molecular complexity index is 164. The van der Waals surface area contributed by atoms with Crippen molar-refractivity contribution in [2.24, 2.45) is 5.73 Å². The highest BCUT2D eigenvalue weighted by Gasteiger charge is 2.10. The van der Waals surface area contributed by atoms with Crippen LogP contribution in [0.15, 0.2) is 11.8 Å². The van der Waals surface area contributed by atoms with Crippen molar-refractivity contribution < 1.29 is 4.79 Å². The summed E-state index contributed by atoms with van der Waals surface area (Å²) in [4.78, 5) is 10.5. The third-order valence-electron chi connectivity index (χ3n) is 1.04. The summed E-state index contributed by atoms with van der Waals surface area (Å²) < 4.78 is 0. The van der Waals surface area contributed by atoms with Crippen molar-refractivity contribution in [2.45, 2.75) is 13.1 Å². The van der Waals surface area contributed by atoms with Gasteiger partial charge in [-0.2, -0.15) is 0 Å². The molecule has 50 valence electrons. The van der Waals surface area contributed by atoms with E-state index in [1.54, 1.807) is 13.0 Å². The highest BCUT2D eigenvalue weighted by atomic mass is 16.2. The lowest BCUT2D eigenvalue weighted by molar-refractivity contribution is 0.239. The summed E-state index contributed by atoms with van der Waals surface area (Å²) in [6.45, 7) is 1.79. The molecule has 1 unspecified atom stereocenters. The van der Waals surface area contributed by atoms with Crippen LogP contribution in [0.1, 0.15) is 6.92 Å². The van der Waals surface area contributed by atoms with E-state index in [0.717, 1.165) is 5.70 Å². The second kappa shape index (κ2) is 2.06. The van der Waals surface area contributed by atoms with Crippen molar-refractivity contribution in [1.29, 1.82) is 0 Å². The maximum Gasteiger partial charge on any atom is 0.320 e. The van der Waals surface area contributed by atoms with Crippen LogP contribution < -0.4 is 16.4 Å². The van der Waals surface area contributed by atoms with Crippen LogP contribution in [0.3, 0.4) is 0 Å². The molecule has 1 aliphatic rings. The van der Waals surface area contributed by atoms with Crippen LogP contribution in [0.4, 0.5) is 4.79 Å². The average Bonchev–Trinajstić information content (AvgIpc) is 1.59. The molecule has 9 heavy (non-hydrogen) atoms. The fraction of sp³-hybridized carbons (Fsp3) is 0.400. The minimum atomic E-state index is -0.334. The van der Waals surface area contributed by atoms with Crippen LogP contribution in [-0.4, -0.2) is 12.2 Å². The van der Waals surface area contributed by atoms with Gasteiger partial charge in [0.15, 0.2) is 0 Å². The Labute approximate surface area is 53.1 Å². The Hall–Kier alpha value is -1.03. The van der Waals surface area contributed by atoms with Crippen LogP contribution in [0.25, 0.3) is 0 Å². The standard InChI is InChI=1S/C5H9N3O/c1-3-2-4(6)8-5(9)7-3/h2,4H,6H2,1H3,(H2,7,8,9). The Balaban J connectivity index is 2.67. The largest absolute Gasteiger partial charge is 0.320 e. The van der Waals surface area contributed by atoms with Crippen molar-refractivity contribution in [2.75, 3.05) is 0 Å². The third kappa shape index (κ3) is 1.43. The van der Waals surface area contributed by atoms with E-state index < -0.39 is 0 Å². The Kier molecular flexibility index (Phi) is 1.40. The first-order chi connectivity index (χ1) is 4.18. The number of carbonyl (C=O) groups excluding carboxylic acids is 1. The van der Waals surface area contributed by atoms with Crippen LogP contribution in [0.2, 0.25) is 0 Å². The first kappa shape index (κ1) is 6.10. The summed E-state index contributed by atoms with van der Waals surface area (Å²) in [6, 6.07) is -0.234. The molecule has 2 amide bonds. The second-order valence-electron chi connectivity index (χ2n) is 1.97. The molecule has 0 spiro atoms. The van der Waals surface area contributed by atoms with Gasteiger partial charge < -0.3 is 16.4 Å².